The molecule has 0 aliphatic carbocycles. The predicted octanol–water partition coefficient (Wildman–Crippen LogP) is 4.45. The molecule has 1 fully saturated rings. The van der Waals surface area contributed by atoms with Crippen LogP contribution in [0.15, 0.2) is 66.9 Å². The first-order valence-corrected chi connectivity index (χ1v) is 11.5. The number of nitrogens with one attached hydrogen (secondary N) is 1. The molecule has 1 saturated heterocycles. The van der Waals surface area contributed by atoms with Gasteiger partial charge in [0.15, 0.2) is 6.10 Å². The van der Waals surface area contributed by atoms with Crippen LogP contribution in [0.2, 0.25) is 0 Å². The number of hydrogen-bond acceptors (Lipinski definition) is 5. The van der Waals surface area contributed by atoms with Gasteiger partial charge in [0.1, 0.15) is 11.6 Å². The smallest absolute Gasteiger partial charge is 0.259 e. The third-order valence-electron chi connectivity index (χ3n) is 6.02. The topological polar surface area (TPSA) is 68.6 Å². The molecule has 1 aliphatic heterocycles. The fourth-order valence-corrected chi connectivity index (χ4v) is 4.40. The van der Waals surface area contributed by atoms with E-state index in [-0.39, 0.29) is 11.9 Å². The fourth-order valence-electron chi connectivity index (χ4n) is 4.40. The maximum atomic E-state index is 12.9. The Labute approximate surface area is 195 Å². The quantitative estimate of drug-likeness (QED) is 0.524. The van der Waals surface area contributed by atoms with Gasteiger partial charge in [0.25, 0.3) is 5.91 Å². The lowest BCUT2D eigenvalue weighted by molar-refractivity contribution is -0.126. The van der Waals surface area contributed by atoms with Crippen LogP contribution in [0.1, 0.15) is 43.0 Å². The van der Waals surface area contributed by atoms with Crippen LogP contribution in [0.25, 0.3) is 0 Å². The number of carbonyl (C=O) groups excluding carboxylic acids is 1. The van der Waals surface area contributed by atoms with Crippen molar-refractivity contribution in [3.05, 3.63) is 78.0 Å². The molecule has 0 bridgehead atoms. The molecule has 1 aliphatic rings. The molecule has 0 radical (unpaired) electrons. The van der Waals surface area contributed by atoms with Crippen LogP contribution in [0, 0.1) is 0 Å². The van der Waals surface area contributed by atoms with E-state index in [4.69, 9.17) is 9.47 Å². The molecule has 0 unspecified atom stereocenters. The Morgan fingerprint density at radius 1 is 1.12 bits per heavy atom. The number of piperidine rings is 1. The number of amides is 1. The van der Waals surface area contributed by atoms with Gasteiger partial charge >= 0.3 is 0 Å². The zero-order valence-electron chi connectivity index (χ0n) is 19.3. The lowest BCUT2D eigenvalue weighted by Gasteiger charge is -2.32. The normalized spacial score (nSPS) is 15.8. The van der Waals surface area contributed by atoms with Crippen molar-refractivity contribution in [2.24, 2.45) is 0 Å². The van der Waals surface area contributed by atoms with E-state index in [2.05, 4.69) is 33.5 Å². The molecule has 0 spiro atoms. The van der Waals surface area contributed by atoms with Gasteiger partial charge in [-0.15, -0.1) is 0 Å². The Balaban J connectivity index is 1.35. The van der Waals surface area contributed by atoms with E-state index in [1.807, 2.05) is 54.1 Å². The Morgan fingerprint density at radius 2 is 1.91 bits per heavy atom. The Kier molecular flexibility index (Phi) is 7.75. The number of aromatic nitrogens is 2. The number of rotatable bonds is 9. The summed E-state index contributed by atoms with van der Waals surface area (Å²) in [6.45, 7) is 5.53. The first-order chi connectivity index (χ1) is 16.2. The van der Waals surface area contributed by atoms with Crippen molar-refractivity contribution in [3.63, 3.8) is 0 Å². The van der Waals surface area contributed by atoms with E-state index in [0.29, 0.717) is 12.4 Å². The summed E-state index contributed by atoms with van der Waals surface area (Å²) in [5, 5.41) is 7.53. The van der Waals surface area contributed by atoms with Gasteiger partial charge in [-0.3, -0.25) is 9.69 Å². The third-order valence-corrected chi connectivity index (χ3v) is 6.02. The number of anilines is 1. The summed E-state index contributed by atoms with van der Waals surface area (Å²) < 4.78 is 13.0. The molecule has 7 heteroatoms. The molecule has 2 heterocycles. The van der Waals surface area contributed by atoms with Gasteiger partial charge in [-0.25, -0.2) is 4.68 Å². The first-order valence-electron chi connectivity index (χ1n) is 11.5. The van der Waals surface area contributed by atoms with Crippen LogP contribution in [-0.2, 0) is 16.1 Å². The second-order valence-corrected chi connectivity index (χ2v) is 8.26. The number of carbonyl (C=O) groups is 1. The average Bonchev–Trinajstić information content (AvgIpc) is 3.29. The van der Waals surface area contributed by atoms with E-state index in [0.717, 1.165) is 43.8 Å². The molecule has 33 heavy (non-hydrogen) atoms. The van der Waals surface area contributed by atoms with Crippen molar-refractivity contribution < 1.29 is 14.3 Å². The van der Waals surface area contributed by atoms with Crippen LogP contribution >= 0.6 is 0 Å². The second-order valence-electron chi connectivity index (χ2n) is 8.26. The van der Waals surface area contributed by atoms with E-state index in [1.165, 1.54) is 5.56 Å². The summed E-state index contributed by atoms with van der Waals surface area (Å²) in [5.74, 6) is 1.43. The highest BCUT2D eigenvalue weighted by atomic mass is 16.5. The summed E-state index contributed by atoms with van der Waals surface area (Å²) in [4.78, 5) is 15.4. The van der Waals surface area contributed by atoms with Gasteiger partial charge in [0, 0.05) is 32.8 Å². The van der Waals surface area contributed by atoms with Crippen molar-refractivity contribution >= 4 is 11.7 Å². The Morgan fingerprint density at radius 3 is 2.64 bits per heavy atom. The van der Waals surface area contributed by atoms with Crippen molar-refractivity contribution in [3.8, 4) is 5.75 Å². The van der Waals surface area contributed by atoms with Crippen LogP contribution in [0.4, 0.5) is 5.82 Å². The molecule has 1 amide bonds. The second kappa shape index (κ2) is 11.1. The number of likely N-dealkylation sites (tertiary alicyclic amines) is 1. The van der Waals surface area contributed by atoms with Crippen LogP contribution < -0.4 is 10.1 Å². The molecule has 174 valence electrons. The lowest BCUT2D eigenvalue weighted by Crippen LogP contribution is -2.35. The summed E-state index contributed by atoms with van der Waals surface area (Å²) >= 11 is 0. The largest absolute Gasteiger partial charge is 0.494 e. The zero-order chi connectivity index (χ0) is 23.0. The standard InChI is InChI=1S/C26H32N4O3/c1-3-33-23-11-7-8-20(18-23)19-29-16-13-22(14-17-29)30-24(12-15-27-30)28-26(31)25(32-2)21-9-5-4-6-10-21/h4-12,15,18,22,25H,3,13-14,16-17,19H2,1-2H3,(H,28,31)/t25-/m0/s1. The van der Waals surface area contributed by atoms with Gasteiger partial charge in [-0.2, -0.15) is 5.10 Å². The maximum Gasteiger partial charge on any atom is 0.259 e. The average molecular weight is 449 g/mol. The molecular formula is C26H32N4O3. The van der Waals surface area contributed by atoms with Gasteiger partial charge in [-0.1, -0.05) is 42.5 Å². The van der Waals surface area contributed by atoms with Crippen LogP contribution in [0.5, 0.6) is 5.75 Å². The molecule has 4 rings (SSSR count). The molecular weight excluding hydrogens is 416 g/mol. The summed E-state index contributed by atoms with van der Waals surface area (Å²) in [5.41, 5.74) is 2.09. The number of methoxy groups -OCH3 is 1. The number of benzene rings is 2. The summed E-state index contributed by atoms with van der Waals surface area (Å²) in [6.07, 6.45) is 3.03. The minimum absolute atomic E-state index is 0.197. The molecule has 7 nitrogen and oxygen atoms in total. The van der Waals surface area contributed by atoms with Crippen molar-refractivity contribution in [1.29, 1.82) is 0 Å². The summed E-state index contributed by atoms with van der Waals surface area (Å²) in [7, 11) is 1.55. The van der Waals surface area contributed by atoms with E-state index >= 15 is 0 Å². The van der Waals surface area contributed by atoms with Crippen molar-refractivity contribution in [1.82, 2.24) is 14.7 Å². The van der Waals surface area contributed by atoms with Gasteiger partial charge in [0.05, 0.1) is 18.8 Å². The van der Waals surface area contributed by atoms with Gasteiger partial charge in [-0.05, 0) is 43.0 Å². The zero-order valence-corrected chi connectivity index (χ0v) is 19.3. The molecule has 1 aromatic heterocycles. The molecule has 1 atom stereocenters. The molecule has 1 N–H and O–H groups in total. The molecule has 0 saturated carbocycles. The Bertz CT molecular complexity index is 1030. The fraction of sp³-hybridized carbons (Fsp3) is 0.385. The number of hydrogen-bond donors (Lipinski definition) is 1. The van der Waals surface area contributed by atoms with Crippen LogP contribution in [-0.4, -0.2) is 47.4 Å². The minimum Gasteiger partial charge on any atom is -0.494 e. The molecule has 3 aromatic rings. The lowest BCUT2D eigenvalue weighted by atomic mass is 10.0. The monoisotopic (exact) mass is 448 g/mol. The van der Waals surface area contributed by atoms with Gasteiger partial charge in [0.2, 0.25) is 0 Å². The maximum absolute atomic E-state index is 12.9. The van der Waals surface area contributed by atoms with E-state index in [9.17, 15) is 4.79 Å². The van der Waals surface area contributed by atoms with E-state index < -0.39 is 6.10 Å². The highest BCUT2D eigenvalue weighted by molar-refractivity contribution is 5.94. The molecule has 2 aromatic carbocycles. The first kappa shape index (κ1) is 23.0. The highest BCUT2D eigenvalue weighted by Crippen LogP contribution is 2.27. The van der Waals surface area contributed by atoms with Gasteiger partial charge < -0.3 is 14.8 Å². The third kappa shape index (κ3) is 5.80. The Hall–Kier alpha value is -3.16. The predicted molar refractivity (Wildman–Crippen MR) is 128 cm³/mol. The minimum atomic E-state index is -0.663. The van der Waals surface area contributed by atoms with Crippen molar-refractivity contribution in [2.75, 3.05) is 32.1 Å². The van der Waals surface area contributed by atoms with Crippen LogP contribution in [0.3, 0.4) is 0 Å². The highest BCUT2D eigenvalue weighted by Gasteiger charge is 2.25. The number of ether oxygens (including phenoxy) is 2. The SMILES string of the molecule is CCOc1cccc(CN2CCC(n3nccc3NC(=O)[C@@H](OC)c3ccccc3)CC2)c1. The summed E-state index contributed by atoms with van der Waals surface area (Å²) in [6, 6.07) is 19.9. The number of nitrogens with zero attached hydrogens (tertiary/aromatic N) is 3. The van der Waals surface area contributed by atoms with Crippen molar-refractivity contribution in [2.45, 2.75) is 38.5 Å². The van der Waals surface area contributed by atoms with E-state index in [1.54, 1.807) is 13.3 Å².